The van der Waals surface area contributed by atoms with E-state index in [1.54, 1.807) is 37.3 Å². The van der Waals surface area contributed by atoms with E-state index in [1.165, 1.54) is 4.57 Å². The molecule has 3 amide bonds. The molecule has 1 fully saturated rings. The molecule has 31 heavy (non-hydrogen) atoms. The highest BCUT2D eigenvalue weighted by Gasteiger charge is 2.30. The van der Waals surface area contributed by atoms with Crippen LogP contribution in [0.1, 0.15) is 46.2 Å². The molecule has 1 aromatic heterocycles. The standard InChI is InChI=1S/C23H22N4O4/c1-13-3-6-16(7-4-13)21(29)24-12-15-5-8-18-17(11-15)23(31)27(14(2)25-18)19-9-10-20(28)26-22(19)30/h3-8,11,19H,9-10,12H2,1-2H3,(H,24,29)(H,26,28,30). The van der Waals surface area contributed by atoms with Crippen LogP contribution in [0.15, 0.2) is 47.3 Å². The van der Waals surface area contributed by atoms with Gasteiger partial charge in [-0.3, -0.25) is 29.1 Å². The van der Waals surface area contributed by atoms with Gasteiger partial charge in [0.25, 0.3) is 11.5 Å². The van der Waals surface area contributed by atoms with Crippen molar-refractivity contribution in [3.05, 3.63) is 75.3 Å². The summed E-state index contributed by atoms with van der Waals surface area (Å²) in [6.07, 6.45) is 0.427. The Hall–Kier alpha value is -3.81. The number of imide groups is 1. The lowest BCUT2D eigenvalue weighted by Crippen LogP contribution is -2.45. The quantitative estimate of drug-likeness (QED) is 0.629. The van der Waals surface area contributed by atoms with E-state index in [2.05, 4.69) is 15.6 Å². The van der Waals surface area contributed by atoms with Gasteiger partial charge in [0.05, 0.1) is 10.9 Å². The number of fused-ring (bicyclic) bond motifs is 1. The molecule has 0 bridgehead atoms. The summed E-state index contributed by atoms with van der Waals surface area (Å²) in [4.78, 5) is 53.8. The van der Waals surface area contributed by atoms with Crippen LogP contribution in [0.25, 0.3) is 10.9 Å². The average molecular weight is 418 g/mol. The van der Waals surface area contributed by atoms with E-state index in [0.29, 0.717) is 22.3 Å². The molecule has 2 heterocycles. The number of nitrogens with zero attached hydrogens (tertiary/aromatic N) is 2. The van der Waals surface area contributed by atoms with Gasteiger partial charge in [0.1, 0.15) is 11.9 Å². The van der Waals surface area contributed by atoms with Crippen molar-refractivity contribution in [1.29, 1.82) is 0 Å². The lowest BCUT2D eigenvalue weighted by atomic mass is 10.0. The molecule has 1 aliphatic heterocycles. The van der Waals surface area contributed by atoms with Gasteiger partial charge in [0, 0.05) is 18.5 Å². The molecule has 4 rings (SSSR count). The average Bonchev–Trinajstić information content (AvgIpc) is 2.74. The van der Waals surface area contributed by atoms with E-state index >= 15 is 0 Å². The smallest absolute Gasteiger partial charge is 0.262 e. The van der Waals surface area contributed by atoms with E-state index in [0.717, 1.165) is 11.1 Å². The second kappa shape index (κ2) is 8.14. The van der Waals surface area contributed by atoms with Crippen molar-refractivity contribution in [3.63, 3.8) is 0 Å². The molecule has 0 saturated carbocycles. The van der Waals surface area contributed by atoms with Crippen LogP contribution in [-0.2, 0) is 16.1 Å². The number of aromatic nitrogens is 2. The van der Waals surface area contributed by atoms with Crippen LogP contribution >= 0.6 is 0 Å². The van der Waals surface area contributed by atoms with Gasteiger partial charge >= 0.3 is 0 Å². The van der Waals surface area contributed by atoms with Gasteiger partial charge in [-0.25, -0.2) is 4.98 Å². The van der Waals surface area contributed by atoms with Crippen LogP contribution in [0.3, 0.4) is 0 Å². The zero-order valence-electron chi connectivity index (χ0n) is 17.3. The van der Waals surface area contributed by atoms with E-state index in [-0.39, 0.29) is 36.8 Å². The highest BCUT2D eigenvalue weighted by atomic mass is 16.2. The van der Waals surface area contributed by atoms with Gasteiger partial charge in [-0.15, -0.1) is 0 Å². The second-order valence-electron chi connectivity index (χ2n) is 7.70. The largest absolute Gasteiger partial charge is 0.348 e. The molecule has 1 atom stereocenters. The number of piperidine rings is 1. The van der Waals surface area contributed by atoms with E-state index in [4.69, 9.17) is 0 Å². The van der Waals surface area contributed by atoms with Crippen molar-refractivity contribution in [2.75, 3.05) is 0 Å². The first-order chi connectivity index (χ1) is 14.8. The monoisotopic (exact) mass is 418 g/mol. The topological polar surface area (TPSA) is 110 Å². The van der Waals surface area contributed by atoms with Crippen LogP contribution < -0.4 is 16.2 Å². The number of aryl methyl sites for hydroxylation is 2. The van der Waals surface area contributed by atoms with Crippen LogP contribution in [0.4, 0.5) is 0 Å². The van der Waals surface area contributed by atoms with Crippen molar-refractivity contribution >= 4 is 28.6 Å². The van der Waals surface area contributed by atoms with Crippen LogP contribution in [0.2, 0.25) is 0 Å². The number of hydrogen-bond acceptors (Lipinski definition) is 5. The molecule has 8 nitrogen and oxygen atoms in total. The van der Waals surface area contributed by atoms with Crippen molar-refractivity contribution < 1.29 is 14.4 Å². The van der Waals surface area contributed by atoms with Crippen LogP contribution in [0.5, 0.6) is 0 Å². The minimum absolute atomic E-state index is 0.172. The third-order valence-electron chi connectivity index (χ3n) is 5.43. The number of carbonyl (C=O) groups excluding carboxylic acids is 3. The third-order valence-corrected chi connectivity index (χ3v) is 5.43. The zero-order valence-corrected chi connectivity index (χ0v) is 17.3. The number of benzene rings is 2. The summed E-state index contributed by atoms with van der Waals surface area (Å²) in [5, 5.41) is 5.49. The molecule has 158 valence electrons. The Labute approximate surface area is 178 Å². The molecular weight excluding hydrogens is 396 g/mol. The summed E-state index contributed by atoms with van der Waals surface area (Å²) in [5.41, 5.74) is 2.54. The molecule has 0 aliphatic carbocycles. The molecule has 1 unspecified atom stereocenters. The molecule has 3 aromatic rings. The Morgan fingerprint density at radius 3 is 2.58 bits per heavy atom. The van der Waals surface area contributed by atoms with Crippen LogP contribution in [-0.4, -0.2) is 27.3 Å². The molecule has 8 heteroatoms. The lowest BCUT2D eigenvalue weighted by Gasteiger charge is -2.24. The fraction of sp³-hybridized carbons (Fsp3) is 0.261. The minimum Gasteiger partial charge on any atom is -0.348 e. The SMILES string of the molecule is Cc1ccc(C(=O)NCc2ccc3nc(C)n(C4CCC(=O)NC4=O)c(=O)c3c2)cc1. The van der Waals surface area contributed by atoms with Gasteiger partial charge in [-0.1, -0.05) is 23.8 Å². The Morgan fingerprint density at radius 2 is 1.87 bits per heavy atom. The van der Waals surface area contributed by atoms with Gasteiger partial charge in [0.15, 0.2) is 0 Å². The van der Waals surface area contributed by atoms with Gasteiger partial charge < -0.3 is 5.32 Å². The predicted molar refractivity (Wildman–Crippen MR) is 115 cm³/mol. The van der Waals surface area contributed by atoms with E-state index in [1.807, 2.05) is 19.1 Å². The maximum atomic E-state index is 13.2. The fourth-order valence-electron chi connectivity index (χ4n) is 3.75. The fourth-order valence-corrected chi connectivity index (χ4v) is 3.75. The maximum absolute atomic E-state index is 13.2. The summed E-state index contributed by atoms with van der Waals surface area (Å²) in [7, 11) is 0. The number of nitrogens with one attached hydrogen (secondary N) is 2. The van der Waals surface area contributed by atoms with E-state index < -0.39 is 11.9 Å². The highest BCUT2D eigenvalue weighted by molar-refractivity contribution is 5.99. The highest BCUT2D eigenvalue weighted by Crippen LogP contribution is 2.20. The summed E-state index contributed by atoms with van der Waals surface area (Å²) in [6.45, 7) is 3.86. The van der Waals surface area contributed by atoms with Crippen molar-refractivity contribution in [3.8, 4) is 0 Å². The number of hydrogen-bond donors (Lipinski definition) is 2. The molecule has 1 saturated heterocycles. The van der Waals surface area contributed by atoms with Crippen molar-refractivity contribution in [2.45, 2.75) is 39.3 Å². The second-order valence-corrected chi connectivity index (χ2v) is 7.70. The first kappa shape index (κ1) is 20.5. The lowest BCUT2D eigenvalue weighted by molar-refractivity contribution is -0.135. The van der Waals surface area contributed by atoms with Crippen LogP contribution in [0, 0.1) is 13.8 Å². The van der Waals surface area contributed by atoms with Crippen molar-refractivity contribution in [1.82, 2.24) is 20.2 Å². The summed E-state index contributed by atoms with van der Waals surface area (Å²) < 4.78 is 1.35. The minimum atomic E-state index is -0.771. The number of rotatable bonds is 4. The van der Waals surface area contributed by atoms with Gasteiger partial charge in [0.2, 0.25) is 11.8 Å². The molecule has 1 aliphatic rings. The Kier molecular flexibility index (Phi) is 5.37. The normalized spacial score (nSPS) is 16.3. The summed E-state index contributed by atoms with van der Waals surface area (Å²) in [6, 6.07) is 11.7. The molecule has 2 N–H and O–H groups in total. The third kappa shape index (κ3) is 4.09. The first-order valence-electron chi connectivity index (χ1n) is 10.0. The molecule has 2 aromatic carbocycles. The van der Waals surface area contributed by atoms with Gasteiger partial charge in [-0.05, 0) is 50.1 Å². The Balaban J connectivity index is 1.61. The molecule has 0 spiro atoms. The zero-order chi connectivity index (χ0) is 22.1. The molecule has 0 radical (unpaired) electrons. The number of carbonyl (C=O) groups is 3. The Morgan fingerprint density at radius 1 is 1.13 bits per heavy atom. The Bertz CT molecular complexity index is 1260. The first-order valence-corrected chi connectivity index (χ1v) is 10.0. The van der Waals surface area contributed by atoms with E-state index in [9.17, 15) is 19.2 Å². The van der Waals surface area contributed by atoms with Gasteiger partial charge in [-0.2, -0.15) is 0 Å². The maximum Gasteiger partial charge on any atom is 0.262 e. The summed E-state index contributed by atoms with van der Waals surface area (Å²) in [5.74, 6) is -0.632. The predicted octanol–water partition coefficient (Wildman–Crippen LogP) is 1.92. The number of amides is 3. The molecular formula is C23H22N4O4. The van der Waals surface area contributed by atoms with Crippen molar-refractivity contribution in [2.24, 2.45) is 0 Å². The summed E-state index contributed by atoms with van der Waals surface area (Å²) >= 11 is 0.